The minimum Gasteiger partial charge on any atom is -0.357 e. The number of hydrogen-bond acceptors (Lipinski definition) is 3. The first kappa shape index (κ1) is 16.1. The number of benzene rings is 1. The average molecular weight is 312 g/mol. The van der Waals surface area contributed by atoms with E-state index in [4.69, 9.17) is 5.26 Å². The molecule has 2 aromatic rings. The number of thiophene rings is 1. The van der Waals surface area contributed by atoms with Gasteiger partial charge < -0.3 is 10.2 Å². The van der Waals surface area contributed by atoms with Crippen LogP contribution in [0.4, 0.5) is 0 Å². The predicted molar refractivity (Wildman–Crippen MR) is 91.8 cm³/mol. The van der Waals surface area contributed by atoms with E-state index in [-0.39, 0.29) is 0 Å². The molecule has 114 valence electrons. The largest absolute Gasteiger partial charge is 0.357 e. The van der Waals surface area contributed by atoms with Gasteiger partial charge in [0.05, 0.1) is 18.2 Å². The van der Waals surface area contributed by atoms with Gasteiger partial charge in [0.25, 0.3) is 0 Å². The van der Waals surface area contributed by atoms with Gasteiger partial charge in [-0.3, -0.25) is 0 Å². The van der Waals surface area contributed by atoms with Gasteiger partial charge in [-0.05, 0) is 47.0 Å². The van der Waals surface area contributed by atoms with Gasteiger partial charge in [-0.25, -0.2) is 4.99 Å². The highest BCUT2D eigenvalue weighted by Crippen LogP contribution is 2.09. The Balaban J connectivity index is 2.03. The van der Waals surface area contributed by atoms with Crippen LogP contribution in [0.1, 0.15) is 23.6 Å². The summed E-state index contributed by atoms with van der Waals surface area (Å²) in [5.41, 5.74) is 3.06. The maximum Gasteiger partial charge on any atom is 0.194 e. The lowest BCUT2D eigenvalue weighted by Gasteiger charge is -2.21. The summed E-state index contributed by atoms with van der Waals surface area (Å²) in [5, 5.41) is 16.4. The lowest BCUT2D eigenvalue weighted by molar-refractivity contribution is 0.477. The van der Waals surface area contributed by atoms with Gasteiger partial charge in [-0.15, -0.1) is 0 Å². The molecule has 0 amide bonds. The molecule has 22 heavy (non-hydrogen) atoms. The lowest BCUT2D eigenvalue weighted by Crippen LogP contribution is -2.38. The first-order valence-electron chi connectivity index (χ1n) is 7.22. The standard InChI is InChI=1S/C17H20N4S/c1-3-19-17(21(2)12-16-8-9-22-13-16)20-11-15-6-4-14(10-18)5-7-15/h4-9,13H,3,11-12H2,1-2H3,(H,19,20). The van der Waals surface area contributed by atoms with Crippen molar-refractivity contribution in [1.29, 1.82) is 5.26 Å². The number of guanidine groups is 1. The normalized spacial score (nSPS) is 11.0. The Kier molecular flexibility index (Phi) is 5.99. The number of nitriles is 1. The molecule has 1 N–H and O–H groups in total. The Labute approximate surface area is 135 Å². The summed E-state index contributed by atoms with van der Waals surface area (Å²) in [6, 6.07) is 11.8. The van der Waals surface area contributed by atoms with Gasteiger partial charge >= 0.3 is 0 Å². The van der Waals surface area contributed by atoms with E-state index >= 15 is 0 Å². The second-order valence-electron chi connectivity index (χ2n) is 4.97. The summed E-state index contributed by atoms with van der Waals surface area (Å²) in [6.45, 7) is 4.33. The SMILES string of the molecule is CCNC(=NCc1ccc(C#N)cc1)N(C)Cc1ccsc1. The van der Waals surface area contributed by atoms with E-state index in [1.54, 1.807) is 11.3 Å². The summed E-state index contributed by atoms with van der Waals surface area (Å²) in [6.07, 6.45) is 0. The molecule has 1 aromatic heterocycles. The van der Waals surface area contributed by atoms with Gasteiger partial charge in [0.2, 0.25) is 0 Å². The van der Waals surface area contributed by atoms with Crippen LogP contribution < -0.4 is 5.32 Å². The zero-order valence-corrected chi connectivity index (χ0v) is 13.7. The highest BCUT2D eigenvalue weighted by Gasteiger charge is 2.06. The Morgan fingerprint density at radius 2 is 2.05 bits per heavy atom. The molecule has 0 aliphatic rings. The van der Waals surface area contributed by atoms with Crippen LogP contribution in [0.5, 0.6) is 0 Å². The van der Waals surface area contributed by atoms with Crippen molar-refractivity contribution in [2.45, 2.75) is 20.0 Å². The van der Waals surface area contributed by atoms with E-state index in [0.717, 1.165) is 24.6 Å². The molecular weight excluding hydrogens is 292 g/mol. The zero-order chi connectivity index (χ0) is 15.8. The van der Waals surface area contributed by atoms with Gasteiger partial charge in [-0.1, -0.05) is 12.1 Å². The van der Waals surface area contributed by atoms with E-state index in [2.05, 4.69) is 45.0 Å². The third-order valence-electron chi connectivity index (χ3n) is 3.19. The van der Waals surface area contributed by atoms with Crippen molar-refractivity contribution in [3.05, 3.63) is 57.8 Å². The topological polar surface area (TPSA) is 51.4 Å². The fourth-order valence-corrected chi connectivity index (χ4v) is 2.71. The average Bonchev–Trinajstić information content (AvgIpc) is 3.04. The van der Waals surface area contributed by atoms with E-state index in [9.17, 15) is 0 Å². The third kappa shape index (κ3) is 4.61. The van der Waals surface area contributed by atoms with Crippen LogP contribution in [0.3, 0.4) is 0 Å². The maximum atomic E-state index is 8.82. The van der Waals surface area contributed by atoms with Crippen molar-refractivity contribution in [3.8, 4) is 6.07 Å². The van der Waals surface area contributed by atoms with Gasteiger partial charge in [0.15, 0.2) is 5.96 Å². The molecule has 0 saturated heterocycles. The molecule has 0 aliphatic carbocycles. The minimum atomic E-state index is 0.599. The van der Waals surface area contributed by atoms with Crippen LogP contribution in [-0.2, 0) is 13.1 Å². The first-order valence-corrected chi connectivity index (χ1v) is 8.16. The van der Waals surface area contributed by atoms with Gasteiger partial charge in [0.1, 0.15) is 0 Å². The number of rotatable bonds is 5. The maximum absolute atomic E-state index is 8.82. The number of hydrogen-bond donors (Lipinski definition) is 1. The molecule has 0 fully saturated rings. The summed E-state index contributed by atoms with van der Waals surface area (Å²) < 4.78 is 0. The molecule has 0 unspecified atom stereocenters. The van der Waals surface area contributed by atoms with Crippen LogP contribution in [0.25, 0.3) is 0 Å². The smallest absolute Gasteiger partial charge is 0.194 e. The summed E-state index contributed by atoms with van der Waals surface area (Å²) in [7, 11) is 2.04. The van der Waals surface area contributed by atoms with E-state index in [1.165, 1.54) is 5.56 Å². The highest BCUT2D eigenvalue weighted by molar-refractivity contribution is 7.07. The van der Waals surface area contributed by atoms with Crippen LogP contribution in [0.2, 0.25) is 0 Å². The summed E-state index contributed by atoms with van der Waals surface area (Å²) in [4.78, 5) is 6.79. The van der Waals surface area contributed by atoms with Crippen molar-refractivity contribution in [2.75, 3.05) is 13.6 Å². The third-order valence-corrected chi connectivity index (χ3v) is 3.92. The second kappa shape index (κ2) is 8.20. The minimum absolute atomic E-state index is 0.599. The van der Waals surface area contributed by atoms with Crippen molar-refractivity contribution in [2.24, 2.45) is 4.99 Å². The quantitative estimate of drug-likeness (QED) is 0.681. The molecular formula is C17H20N4S. The summed E-state index contributed by atoms with van der Waals surface area (Å²) >= 11 is 1.71. The first-order chi connectivity index (χ1) is 10.7. The number of nitrogens with one attached hydrogen (secondary N) is 1. The molecule has 0 atom stereocenters. The highest BCUT2D eigenvalue weighted by atomic mass is 32.1. The van der Waals surface area contributed by atoms with Crippen LogP contribution in [0.15, 0.2) is 46.1 Å². The molecule has 0 radical (unpaired) electrons. The Morgan fingerprint density at radius 1 is 1.27 bits per heavy atom. The van der Waals surface area contributed by atoms with Crippen LogP contribution in [0, 0.1) is 11.3 Å². The molecule has 0 spiro atoms. The molecule has 5 heteroatoms. The summed E-state index contributed by atoms with van der Waals surface area (Å²) in [5.74, 6) is 0.887. The van der Waals surface area contributed by atoms with E-state index < -0.39 is 0 Å². The molecule has 4 nitrogen and oxygen atoms in total. The fraction of sp³-hybridized carbons (Fsp3) is 0.294. The Bertz CT molecular complexity index is 638. The number of aliphatic imine (C=N–C) groups is 1. The van der Waals surface area contributed by atoms with Crippen LogP contribution >= 0.6 is 11.3 Å². The van der Waals surface area contributed by atoms with Crippen molar-refractivity contribution >= 4 is 17.3 Å². The van der Waals surface area contributed by atoms with Crippen LogP contribution in [-0.4, -0.2) is 24.5 Å². The van der Waals surface area contributed by atoms with Crippen molar-refractivity contribution in [3.63, 3.8) is 0 Å². The number of nitrogens with zero attached hydrogens (tertiary/aromatic N) is 3. The molecule has 2 rings (SSSR count). The Hall–Kier alpha value is -2.32. The lowest BCUT2D eigenvalue weighted by atomic mass is 10.1. The van der Waals surface area contributed by atoms with Crippen molar-refractivity contribution in [1.82, 2.24) is 10.2 Å². The molecule has 1 aromatic carbocycles. The fourth-order valence-electron chi connectivity index (χ4n) is 2.05. The molecule has 0 bridgehead atoms. The zero-order valence-electron chi connectivity index (χ0n) is 12.9. The van der Waals surface area contributed by atoms with E-state index in [1.807, 2.05) is 31.3 Å². The predicted octanol–water partition coefficient (Wildman–Crippen LogP) is 3.22. The molecule has 0 saturated carbocycles. The van der Waals surface area contributed by atoms with Gasteiger partial charge in [-0.2, -0.15) is 16.6 Å². The Morgan fingerprint density at radius 3 is 2.64 bits per heavy atom. The molecule has 1 heterocycles. The second-order valence-corrected chi connectivity index (χ2v) is 5.75. The van der Waals surface area contributed by atoms with Gasteiger partial charge in [0, 0.05) is 20.1 Å². The molecule has 0 aliphatic heterocycles. The van der Waals surface area contributed by atoms with Crippen molar-refractivity contribution < 1.29 is 0 Å². The monoisotopic (exact) mass is 312 g/mol. The van der Waals surface area contributed by atoms with E-state index in [0.29, 0.717) is 12.1 Å².